The van der Waals surface area contributed by atoms with Crippen LogP contribution < -0.4 is 9.80 Å². The van der Waals surface area contributed by atoms with Crippen LogP contribution in [-0.2, 0) is 0 Å². The zero-order chi connectivity index (χ0) is 21.4. The second-order valence-electron chi connectivity index (χ2n) is 7.93. The Balaban J connectivity index is 1.56. The van der Waals surface area contributed by atoms with E-state index < -0.39 is 0 Å². The Morgan fingerprint density at radius 2 is 1.97 bits per heavy atom. The van der Waals surface area contributed by atoms with Crippen molar-refractivity contribution in [2.45, 2.75) is 38.6 Å². The number of nitrogens with one attached hydrogen (secondary N) is 2. The first-order valence-electron chi connectivity index (χ1n) is 10.1. The van der Waals surface area contributed by atoms with Gasteiger partial charge in [0.05, 0.1) is 6.34 Å². The van der Waals surface area contributed by atoms with Gasteiger partial charge in [0.1, 0.15) is 17.3 Å². The number of benzene rings is 1. The number of carbonyl (C=O) groups excluding carboxylic acids is 1. The number of urea groups is 1. The molecule has 1 saturated carbocycles. The third-order valence-electron chi connectivity index (χ3n) is 5.52. The first-order valence-corrected chi connectivity index (χ1v) is 10.1. The molecule has 1 saturated heterocycles. The Kier molecular flexibility index (Phi) is 5.24. The fourth-order valence-electron chi connectivity index (χ4n) is 3.70. The van der Waals surface area contributed by atoms with Crippen LogP contribution in [0, 0.1) is 16.6 Å². The van der Waals surface area contributed by atoms with Gasteiger partial charge in [0.25, 0.3) is 0 Å². The van der Waals surface area contributed by atoms with Crippen LogP contribution in [0.2, 0.25) is 0 Å². The molecule has 2 heterocycles. The molecule has 2 aromatic rings. The molecular weight excluding hydrogens is 383 g/mol. The molecule has 156 valence electrons. The fraction of sp³-hybridized carbons (Fsp3) is 0.364. The topological polar surface area (TPSA) is 87.4 Å². The maximum atomic E-state index is 14.1. The lowest BCUT2D eigenvalue weighted by Crippen LogP contribution is -2.36. The molecule has 2 fully saturated rings. The number of nitrogens with zero attached hydrogens (tertiary/aromatic N) is 4. The summed E-state index contributed by atoms with van der Waals surface area (Å²) in [6, 6.07) is 9.81. The van der Waals surface area contributed by atoms with Crippen LogP contribution in [-0.4, -0.2) is 47.2 Å². The first kappa shape index (κ1) is 20.0. The smallest absolute Gasteiger partial charge is 0.314 e. The average Bonchev–Trinajstić information content (AvgIpc) is 3.50. The molecule has 0 unspecified atom stereocenters. The molecule has 0 bridgehead atoms. The largest absolute Gasteiger partial charge is 0.330 e. The van der Waals surface area contributed by atoms with E-state index in [2.05, 4.69) is 4.98 Å². The Labute approximate surface area is 175 Å². The highest BCUT2D eigenvalue weighted by molar-refractivity contribution is 6.06. The van der Waals surface area contributed by atoms with Gasteiger partial charge in [-0.2, -0.15) is 0 Å². The Bertz CT molecular complexity index is 1000. The third kappa shape index (κ3) is 3.65. The van der Waals surface area contributed by atoms with Gasteiger partial charge in [-0.25, -0.2) is 14.2 Å². The highest BCUT2D eigenvalue weighted by Gasteiger charge is 2.33. The maximum absolute atomic E-state index is 14.1. The molecule has 0 radical (unpaired) electrons. The predicted octanol–water partition coefficient (Wildman–Crippen LogP) is 4.19. The molecule has 0 spiro atoms. The van der Waals surface area contributed by atoms with Crippen molar-refractivity contribution < 1.29 is 9.18 Å². The van der Waals surface area contributed by atoms with Crippen LogP contribution in [0.25, 0.3) is 0 Å². The number of amides is 2. The van der Waals surface area contributed by atoms with Gasteiger partial charge in [0.15, 0.2) is 5.84 Å². The molecule has 1 aromatic heterocycles. The zero-order valence-electron chi connectivity index (χ0n) is 17.1. The zero-order valence-corrected chi connectivity index (χ0v) is 17.1. The van der Waals surface area contributed by atoms with Crippen LogP contribution >= 0.6 is 0 Å². The van der Waals surface area contributed by atoms with E-state index in [4.69, 9.17) is 10.8 Å². The van der Waals surface area contributed by atoms with Gasteiger partial charge >= 0.3 is 6.03 Å². The minimum absolute atomic E-state index is 0.0523. The monoisotopic (exact) mass is 408 g/mol. The van der Waals surface area contributed by atoms with E-state index in [0.29, 0.717) is 35.9 Å². The number of rotatable bonds is 6. The second-order valence-corrected chi connectivity index (χ2v) is 7.93. The van der Waals surface area contributed by atoms with Crippen molar-refractivity contribution in [1.82, 2.24) is 9.88 Å². The van der Waals surface area contributed by atoms with Gasteiger partial charge in [-0.05, 0) is 68.5 Å². The van der Waals surface area contributed by atoms with Crippen LogP contribution in [0.15, 0.2) is 36.4 Å². The van der Waals surface area contributed by atoms with E-state index in [0.717, 1.165) is 19.2 Å². The Morgan fingerprint density at radius 3 is 2.63 bits per heavy atom. The Hall–Kier alpha value is -3.29. The molecule has 4 rings (SSSR count). The standard InChI is InChI=1S/C22H25FN6O/c1-14(2)29(13-24)21(25)19-4-3-5-20(26-19)28-11-10-27(22(28)30)16-8-9-18(23)17(12-16)15-6-7-15/h3-5,8-9,12-15,24-25H,6-7,10-11H2,1-2H3. The van der Waals surface area contributed by atoms with Crippen LogP contribution in [0.3, 0.4) is 0 Å². The van der Waals surface area contributed by atoms with Gasteiger partial charge in [0.2, 0.25) is 0 Å². The van der Waals surface area contributed by atoms with Gasteiger partial charge in [-0.1, -0.05) is 6.07 Å². The minimum atomic E-state index is -0.215. The number of carbonyl (C=O) groups is 1. The lowest BCUT2D eigenvalue weighted by atomic mass is 10.1. The lowest BCUT2D eigenvalue weighted by Gasteiger charge is -2.24. The lowest BCUT2D eigenvalue weighted by molar-refractivity contribution is 0.255. The molecule has 1 aliphatic carbocycles. The van der Waals surface area contributed by atoms with E-state index in [1.807, 2.05) is 13.8 Å². The summed E-state index contributed by atoms with van der Waals surface area (Å²) in [6.45, 7) is 4.72. The predicted molar refractivity (Wildman–Crippen MR) is 115 cm³/mol. The van der Waals surface area contributed by atoms with Crippen molar-refractivity contribution in [2.24, 2.45) is 0 Å². The molecule has 30 heavy (non-hydrogen) atoms. The van der Waals surface area contributed by atoms with Crippen molar-refractivity contribution in [1.29, 1.82) is 10.8 Å². The molecular formula is C22H25FN6O. The molecule has 2 amide bonds. The number of pyridine rings is 1. The highest BCUT2D eigenvalue weighted by Crippen LogP contribution is 2.42. The summed E-state index contributed by atoms with van der Waals surface area (Å²) in [5.74, 6) is 0.625. The Morgan fingerprint density at radius 1 is 1.23 bits per heavy atom. The summed E-state index contributed by atoms with van der Waals surface area (Å²) >= 11 is 0. The van der Waals surface area contributed by atoms with E-state index in [9.17, 15) is 9.18 Å². The van der Waals surface area contributed by atoms with E-state index in [1.54, 1.807) is 40.1 Å². The number of halogens is 1. The van der Waals surface area contributed by atoms with Crippen molar-refractivity contribution in [2.75, 3.05) is 22.9 Å². The van der Waals surface area contributed by atoms with Crippen molar-refractivity contribution in [3.05, 3.63) is 53.5 Å². The summed E-state index contributed by atoms with van der Waals surface area (Å²) in [6.07, 6.45) is 3.09. The van der Waals surface area contributed by atoms with Gasteiger partial charge in [-0.15, -0.1) is 0 Å². The molecule has 8 heteroatoms. The summed E-state index contributed by atoms with van der Waals surface area (Å²) in [4.78, 5) is 22.3. The second kappa shape index (κ2) is 7.85. The normalized spacial score (nSPS) is 16.3. The van der Waals surface area contributed by atoms with Crippen molar-refractivity contribution >= 4 is 29.7 Å². The fourth-order valence-corrected chi connectivity index (χ4v) is 3.70. The number of amidine groups is 1. The van der Waals surface area contributed by atoms with E-state index >= 15 is 0 Å². The SMILES string of the molecule is CC(C)N(C=N)C(=N)c1cccc(N2CCN(c3ccc(F)c(C4CC4)c3)C2=O)n1. The van der Waals surface area contributed by atoms with Gasteiger partial charge < -0.3 is 4.90 Å². The molecule has 2 N–H and O–H groups in total. The van der Waals surface area contributed by atoms with Crippen LogP contribution in [0.1, 0.15) is 43.9 Å². The minimum Gasteiger partial charge on any atom is -0.314 e. The molecule has 1 aliphatic heterocycles. The molecule has 1 aromatic carbocycles. The number of hydrogen-bond donors (Lipinski definition) is 2. The van der Waals surface area contributed by atoms with Crippen molar-refractivity contribution in [3.8, 4) is 0 Å². The van der Waals surface area contributed by atoms with E-state index in [-0.39, 0.29) is 29.6 Å². The maximum Gasteiger partial charge on any atom is 0.330 e. The molecule has 0 atom stereocenters. The van der Waals surface area contributed by atoms with Gasteiger partial charge in [-0.3, -0.25) is 20.6 Å². The van der Waals surface area contributed by atoms with Crippen LogP contribution in [0.5, 0.6) is 0 Å². The molecule has 2 aliphatic rings. The summed E-state index contributed by atoms with van der Waals surface area (Å²) < 4.78 is 14.1. The number of hydrogen-bond acceptors (Lipinski definition) is 4. The summed E-state index contributed by atoms with van der Waals surface area (Å²) in [5.41, 5.74) is 1.78. The summed E-state index contributed by atoms with van der Waals surface area (Å²) in [7, 11) is 0. The third-order valence-corrected chi connectivity index (χ3v) is 5.52. The van der Waals surface area contributed by atoms with E-state index in [1.165, 1.54) is 11.0 Å². The van der Waals surface area contributed by atoms with Crippen LogP contribution in [0.4, 0.5) is 20.7 Å². The number of anilines is 2. The number of aromatic nitrogens is 1. The average molecular weight is 408 g/mol. The summed E-state index contributed by atoms with van der Waals surface area (Å²) in [5, 5.41) is 15.9. The first-order chi connectivity index (χ1) is 14.4. The van der Waals surface area contributed by atoms with Gasteiger partial charge in [0, 0.05) is 24.8 Å². The highest BCUT2D eigenvalue weighted by atomic mass is 19.1. The van der Waals surface area contributed by atoms with Crippen molar-refractivity contribution in [3.63, 3.8) is 0 Å². The molecule has 7 nitrogen and oxygen atoms in total. The quantitative estimate of drug-likeness (QED) is 0.555.